The van der Waals surface area contributed by atoms with Crippen LogP contribution in [-0.2, 0) is 0 Å². The molecule has 2 aromatic rings. The second kappa shape index (κ2) is 4.40. The van der Waals surface area contributed by atoms with Gasteiger partial charge in [-0.1, -0.05) is 0 Å². The summed E-state index contributed by atoms with van der Waals surface area (Å²) in [6.07, 6.45) is 7.05. The number of nitrogens with zero attached hydrogens (tertiary/aromatic N) is 3. The number of fused-ring (bicyclic) bond motifs is 1. The van der Waals surface area contributed by atoms with Crippen LogP contribution >= 0.6 is 0 Å². The van der Waals surface area contributed by atoms with Crippen molar-refractivity contribution in [1.29, 1.82) is 0 Å². The average Bonchev–Trinajstić information content (AvgIpc) is 2.86. The largest absolute Gasteiger partial charge is 0.370 e. The summed E-state index contributed by atoms with van der Waals surface area (Å²) in [4.78, 5) is 18.3. The fraction of sp³-hybridized carbons (Fsp3) is 0.462. The number of carbonyl (C=O) groups is 1. The van der Waals surface area contributed by atoms with E-state index in [1.165, 1.54) is 19.3 Å². The summed E-state index contributed by atoms with van der Waals surface area (Å²) >= 11 is 0. The second-order valence-corrected chi connectivity index (χ2v) is 4.76. The minimum absolute atomic E-state index is 0.0613. The van der Waals surface area contributed by atoms with Gasteiger partial charge in [-0.25, -0.2) is 4.98 Å². The number of nitrogens with one attached hydrogen (secondary N) is 1. The van der Waals surface area contributed by atoms with Crippen LogP contribution in [0.15, 0.2) is 12.4 Å². The molecule has 0 aliphatic carbocycles. The van der Waals surface area contributed by atoms with Crippen molar-refractivity contribution < 1.29 is 4.79 Å². The van der Waals surface area contributed by atoms with Crippen molar-refractivity contribution in [3.8, 4) is 0 Å². The Morgan fingerprint density at radius 1 is 1.28 bits per heavy atom. The lowest BCUT2D eigenvalue weighted by atomic mass is 10.0. The lowest BCUT2D eigenvalue weighted by Crippen LogP contribution is -2.30. The van der Waals surface area contributed by atoms with E-state index in [-0.39, 0.29) is 5.78 Å². The summed E-state index contributed by atoms with van der Waals surface area (Å²) in [7, 11) is 0. The number of rotatable bonds is 2. The van der Waals surface area contributed by atoms with E-state index in [4.69, 9.17) is 0 Å². The molecular formula is C13H16N4O. The number of ketones is 1. The topological polar surface area (TPSA) is 61.9 Å². The third-order valence-corrected chi connectivity index (χ3v) is 3.50. The Bertz CT molecular complexity index is 584. The molecule has 1 saturated heterocycles. The van der Waals surface area contributed by atoms with Crippen molar-refractivity contribution in [2.24, 2.45) is 0 Å². The Labute approximate surface area is 105 Å². The highest BCUT2D eigenvalue weighted by molar-refractivity contribution is 6.06. The molecule has 3 rings (SSSR count). The molecule has 0 atom stereocenters. The first-order valence-electron chi connectivity index (χ1n) is 6.35. The van der Waals surface area contributed by atoms with Gasteiger partial charge in [-0.2, -0.15) is 5.10 Å². The van der Waals surface area contributed by atoms with E-state index in [1.54, 1.807) is 19.3 Å². The average molecular weight is 244 g/mol. The van der Waals surface area contributed by atoms with E-state index >= 15 is 0 Å². The van der Waals surface area contributed by atoms with Crippen LogP contribution in [0.1, 0.15) is 36.5 Å². The summed E-state index contributed by atoms with van der Waals surface area (Å²) in [5.41, 5.74) is 2.45. The Balaban J connectivity index is 2.18. The van der Waals surface area contributed by atoms with Crippen LogP contribution in [0.5, 0.6) is 0 Å². The minimum atomic E-state index is 0.0613. The first-order valence-corrected chi connectivity index (χ1v) is 6.35. The van der Waals surface area contributed by atoms with Crippen LogP contribution in [0.3, 0.4) is 0 Å². The molecule has 5 nitrogen and oxygen atoms in total. The summed E-state index contributed by atoms with van der Waals surface area (Å²) in [5, 5.41) is 7.85. The van der Waals surface area contributed by atoms with Crippen molar-refractivity contribution in [2.75, 3.05) is 18.0 Å². The van der Waals surface area contributed by atoms with E-state index in [1.807, 2.05) is 0 Å². The molecule has 0 saturated carbocycles. The SMILES string of the molecule is CC(=O)c1cnc2[nH]ncc2c1N1CCCCC1. The van der Waals surface area contributed by atoms with Gasteiger partial charge in [0.15, 0.2) is 11.4 Å². The predicted molar refractivity (Wildman–Crippen MR) is 70.0 cm³/mol. The molecule has 1 aliphatic heterocycles. The van der Waals surface area contributed by atoms with Crippen LogP contribution in [0.4, 0.5) is 5.69 Å². The molecular weight excluding hydrogens is 228 g/mol. The van der Waals surface area contributed by atoms with Gasteiger partial charge < -0.3 is 4.90 Å². The van der Waals surface area contributed by atoms with Gasteiger partial charge in [0.2, 0.25) is 0 Å². The monoisotopic (exact) mass is 244 g/mol. The van der Waals surface area contributed by atoms with E-state index in [9.17, 15) is 4.79 Å². The molecule has 1 N–H and O–H groups in total. The fourth-order valence-electron chi connectivity index (χ4n) is 2.60. The zero-order valence-corrected chi connectivity index (χ0v) is 10.4. The molecule has 0 aromatic carbocycles. The quantitative estimate of drug-likeness (QED) is 0.822. The van der Waals surface area contributed by atoms with Gasteiger partial charge in [0.1, 0.15) is 0 Å². The van der Waals surface area contributed by atoms with Crippen LogP contribution in [0.2, 0.25) is 0 Å². The molecule has 2 aromatic heterocycles. The molecule has 3 heterocycles. The maximum absolute atomic E-state index is 11.8. The maximum Gasteiger partial charge on any atom is 0.163 e. The smallest absolute Gasteiger partial charge is 0.163 e. The normalized spacial score (nSPS) is 16.2. The fourth-order valence-corrected chi connectivity index (χ4v) is 2.60. The van der Waals surface area contributed by atoms with Gasteiger partial charge in [-0.15, -0.1) is 0 Å². The first-order chi connectivity index (χ1) is 8.77. The van der Waals surface area contributed by atoms with Crippen molar-refractivity contribution >= 4 is 22.5 Å². The molecule has 1 fully saturated rings. The van der Waals surface area contributed by atoms with Gasteiger partial charge in [0, 0.05) is 19.3 Å². The Hall–Kier alpha value is -1.91. The summed E-state index contributed by atoms with van der Waals surface area (Å²) in [6.45, 7) is 3.60. The summed E-state index contributed by atoms with van der Waals surface area (Å²) in [5.74, 6) is 0.0613. The molecule has 5 heteroatoms. The van der Waals surface area contributed by atoms with Crippen LogP contribution < -0.4 is 4.90 Å². The van der Waals surface area contributed by atoms with Crippen LogP contribution in [-0.4, -0.2) is 34.1 Å². The molecule has 0 unspecified atom stereocenters. The summed E-state index contributed by atoms with van der Waals surface area (Å²) < 4.78 is 0. The summed E-state index contributed by atoms with van der Waals surface area (Å²) in [6, 6.07) is 0. The zero-order chi connectivity index (χ0) is 12.5. The Morgan fingerprint density at radius 3 is 2.78 bits per heavy atom. The van der Waals surface area contributed by atoms with E-state index in [2.05, 4.69) is 20.1 Å². The number of aromatic nitrogens is 3. The molecule has 0 amide bonds. The lowest BCUT2D eigenvalue weighted by Gasteiger charge is -2.30. The minimum Gasteiger partial charge on any atom is -0.370 e. The highest BCUT2D eigenvalue weighted by Crippen LogP contribution is 2.30. The second-order valence-electron chi connectivity index (χ2n) is 4.76. The number of H-pyrrole nitrogens is 1. The van der Waals surface area contributed by atoms with Crippen molar-refractivity contribution in [3.05, 3.63) is 18.0 Å². The maximum atomic E-state index is 11.8. The highest BCUT2D eigenvalue weighted by atomic mass is 16.1. The standard InChI is InChI=1S/C13H16N4O/c1-9(18)10-7-14-13-11(8-15-16-13)12(10)17-5-3-2-4-6-17/h7-8H,2-6H2,1H3,(H,14,15,16). The molecule has 1 aliphatic rings. The van der Waals surface area contributed by atoms with Crippen LogP contribution in [0, 0.1) is 0 Å². The number of hydrogen-bond donors (Lipinski definition) is 1. The molecule has 18 heavy (non-hydrogen) atoms. The Kier molecular flexibility index (Phi) is 2.74. The van der Waals surface area contributed by atoms with Gasteiger partial charge in [-0.05, 0) is 26.2 Å². The first kappa shape index (κ1) is 11.2. The van der Waals surface area contributed by atoms with Gasteiger partial charge in [0.25, 0.3) is 0 Å². The van der Waals surface area contributed by atoms with Crippen LogP contribution in [0.25, 0.3) is 11.0 Å². The van der Waals surface area contributed by atoms with Gasteiger partial charge >= 0.3 is 0 Å². The number of anilines is 1. The highest BCUT2D eigenvalue weighted by Gasteiger charge is 2.20. The molecule has 0 spiro atoms. The van der Waals surface area contributed by atoms with E-state index in [0.29, 0.717) is 5.56 Å². The Morgan fingerprint density at radius 2 is 2.06 bits per heavy atom. The number of Topliss-reactive ketones (excluding diaryl/α,β-unsaturated/α-hetero) is 1. The third kappa shape index (κ3) is 1.75. The molecule has 0 bridgehead atoms. The van der Waals surface area contributed by atoms with E-state index < -0.39 is 0 Å². The number of aromatic amines is 1. The van der Waals surface area contributed by atoms with Crippen molar-refractivity contribution in [2.45, 2.75) is 26.2 Å². The predicted octanol–water partition coefficient (Wildman–Crippen LogP) is 2.15. The zero-order valence-electron chi connectivity index (χ0n) is 10.4. The number of piperidine rings is 1. The molecule has 0 radical (unpaired) electrons. The number of hydrogen-bond acceptors (Lipinski definition) is 4. The van der Waals surface area contributed by atoms with Gasteiger partial charge in [-0.3, -0.25) is 9.89 Å². The molecule has 94 valence electrons. The van der Waals surface area contributed by atoms with Crippen molar-refractivity contribution in [3.63, 3.8) is 0 Å². The number of pyridine rings is 1. The lowest BCUT2D eigenvalue weighted by molar-refractivity contribution is 0.101. The third-order valence-electron chi connectivity index (χ3n) is 3.50. The van der Waals surface area contributed by atoms with E-state index in [0.717, 1.165) is 29.8 Å². The van der Waals surface area contributed by atoms with Gasteiger partial charge in [0.05, 0.1) is 22.8 Å². The number of carbonyl (C=O) groups excluding carboxylic acids is 1. The van der Waals surface area contributed by atoms with Crippen molar-refractivity contribution in [1.82, 2.24) is 15.2 Å².